The maximum atomic E-state index is 13.8. The number of hydrogen-bond donors (Lipinski definition) is 5. The normalized spacial score (nSPS) is 11.7. The summed E-state index contributed by atoms with van der Waals surface area (Å²) in [5, 5.41) is 20.4. The number of carbonyl (C=O) groups is 3. The number of hydrogen-bond acceptors (Lipinski definition) is 8. The number of para-hydroxylation sites is 1. The van der Waals surface area contributed by atoms with E-state index in [1.807, 2.05) is 0 Å². The summed E-state index contributed by atoms with van der Waals surface area (Å²) in [6.45, 7) is -0.313. The van der Waals surface area contributed by atoms with Gasteiger partial charge < -0.3 is 36.0 Å². The lowest BCUT2D eigenvalue weighted by Gasteiger charge is -2.18. The number of ether oxygens (including phenoxy) is 1. The lowest BCUT2D eigenvalue weighted by molar-refractivity contribution is -0.137. The van der Waals surface area contributed by atoms with Crippen LogP contribution in [0.4, 0.5) is 36.1 Å². The number of nitrogens with zero attached hydrogens (tertiary/aromatic N) is 2. The number of halogens is 3. The first kappa shape index (κ1) is 30.7. The fourth-order valence-electron chi connectivity index (χ4n) is 3.67. The third-order valence-electron chi connectivity index (χ3n) is 5.79. The zero-order valence-electron chi connectivity index (χ0n) is 22.6. The van der Waals surface area contributed by atoms with Crippen LogP contribution in [0, 0.1) is 0 Å². The monoisotopic (exact) mass is 574 g/mol. The van der Waals surface area contributed by atoms with Crippen LogP contribution >= 0.6 is 0 Å². The Kier molecular flexibility index (Phi) is 9.73. The van der Waals surface area contributed by atoms with Crippen molar-refractivity contribution in [2.24, 2.45) is 0 Å². The lowest BCUT2D eigenvalue weighted by Crippen LogP contribution is -2.42. The van der Waals surface area contributed by atoms with Crippen molar-refractivity contribution in [3.8, 4) is 5.75 Å². The molecule has 0 radical (unpaired) electrons. The van der Waals surface area contributed by atoms with E-state index in [0.29, 0.717) is 6.20 Å². The largest absolute Gasteiger partial charge is 0.495 e. The van der Waals surface area contributed by atoms with E-state index < -0.39 is 35.6 Å². The molecule has 0 bridgehead atoms. The molecule has 0 spiro atoms. The average Bonchev–Trinajstić information content (AvgIpc) is 2.94. The van der Waals surface area contributed by atoms with Gasteiger partial charge >= 0.3 is 6.18 Å². The van der Waals surface area contributed by atoms with Gasteiger partial charge in [0, 0.05) is 39.0 Å². The van der Waals surface area contributed by atoms with E-state index >= 15 is 0 Å². The molecule has 11 nitrogen and oxygen atoms in total. The maximum Gasteiger partial charge on any atom is 0.419 e. The Morgan fingerprint density at radius 2 is 1.71 bits per heavy atom. The molecule has 0 aliphatic heterocycles. The molecule has 218 valence electrons. The summed E-state index contributed by atoms with van der Waals surface area (Å²) in [4.78, 5) is 41.6. The highest BCUT2D eigenvalue weighted by Crippen LogP contribution is 2.38. The SMILES string of the molecule is CNC(=O)c1ccccc1Nc1cc(Nc2ccc(C(=O)NC[C@H](O)C(=O)N(C)C)cc2OC)ncc1C(F)(F)F. The summed E-state index contributed by atoms with van der Waals surface area (Å²) in [5.41, 5.74) is -0.680. The first-order valence-corrected chi connectivity index (χ1v) is 12.1. The number of aliphatic hydroxyl groups is 1. The number of rotatable bonds is 10. The number of aromatic nitrogens is 1. The molecule has 0 unspecified atom stereocenters. The summed E-state index contributed by atoms with van der Waals surface area (Å²) in [5.74, 6) is -1.46. The summed E-state index contributed by atoms with van der Waals surface area (Å²) < 4.78 is 46.7. The smallest absolute Gasteiger partial charge is 0.419 e. The Labute approximate surface area is 233 Å². The second-order valence-corrected chi connectivity index (χ2v) is 8.86. The molecule has 1 atom stereocenters. The van der Waals surface area contributed by atoms with Crippen LogP contribution in [0.3, 0.4) is 0 Å². The van der Waals surface area contributed by atoms with E-state index in [1.54, 1.807) is 12.1 Å². The van der Waals surface area contributed by atoms with Gasteiger partial charge in [0.2, 0.25) is 0 Å². The molecule has 0 aliphatic rings. The highest BCUT2D eigenvalue weighted by atomic mass is 19.4. The molecule has 41 heavy (non-hydrogen) atoms. The highest BCUT2D eigenvalue weighted by molar-refractivity contribution is 6.00. The second kappa shape index (κ2) is 13.0. The average molecular weight is 575 g/mol. The quantitative estimate of drug-likeness (QED) is 0.248. The molecule has 1 heterocycles. The van der Waals surface area contributed by atoms with Crippen LogP contribution in [0.5, 0.6) is 5.75 Å². The minimum absolute atomic E-state index is 0.0127. The Morgan fingerprint density at radius 3 is 2.34 bits per heavy atom. The van der Waals surface area contributed by atoms with E-state index in [9.17, 15) is 32.7 Å². The van der Waals surface area contributed by atoms with Crippen LogP contribution < -0.4 is 26.0 Å². The predicted octanol–water partition coefficient (Wildman–Crippen LogP) is 3.13. The minimum Gasteiger partial charge on any atom is -0.495 e. The first-order valence-electron chi connectivity index (χ1n) is 12.1. The molecule has 5 N–H and O–H groups in total. The number of nitrogens with one attached hydrogen (secondary N) is 4. The van der Waals surface area contributed by atoms with E-state index in [2.05, 4.69) is 26.3 Å². The van der Waals surface area contributed by atoms with Crippen molar-refractivity contribution < 1.29 is 37.4 Å². The maximum absolute atomic E-state index is 13.8. The van der Waals surface area contributed by atoms with Gasteiger partial charge in [0.1, 0.15) is 17.7 Å². The first-order chi connectivity index (χ1) is 19.3. The minimum atomic E-state index is -4.74. The Balaban J connectivity index is 1.87. The predicted molar refractivity (Wildman–Crippen MR) is 146 cm³/mol. The summed E-state index contributed by atoms with van der Waals surface area (Å²) in [7, 11) is 5.69. The van der Waals surface area contributed by atoms with Crippen molar-refractivity contribution in [3.05, 3.63) is 71.4 Å². The molecule has 14 heteroatoms. The van der Waals surface area contributed by atoms with Crippen LogP contribution in [-0.4, -0.2) is 73.6 Å². The van der Waals surface area contributed by atoms with Gasteiger partial charge in [-0.15, -0.1) is 0 Å². The lowest BCUT2D eigenvalue weighted by atomic mass is 10.1. The third-order valence-corrected chi connectivity index (χ3v) is 5.79. The Hall–Kier alpha value is -4.85. The molecule has 2 aromatic carbocycles. The number of likely N-dealkylation sites (N-methyl/N-ethyl adjacent to an activating group) is 1. The molecule has 3 aromatic rings. The standard InChI is InChI=1S/C27H29F3N6O5/c1-31-25(39)16-7-5-6-8-18(16)34-20-12-23(32-13-17(20)27(28,29)30)35-19-10-9-15(11-22(19)41-4)24(38)33-14-21(37)26(40)36(2)3/h5-13,21,37H,14H2,1-4H3,(H,31,39)(H,33,38)(H2,32,34,35)/t21-/m0/s1. The van der Waals surface area contributed by atoms with Gasteiger partial charge in [0.25, 0.3) is 17.7 Å². The van der Waals surface area contributed by atoms with Gasteiger partial charge in [0.15, 0.2) is 0 Å². The fourth-order valence-corrected chi connectivity index (χ4v) is 3.67. The number of carbonyl (C=O) groups excluding carboxylic acids is 3. The van der Waals surface area contributed by atoms with E-state index in [4.69, 9.17) is 4.74 Å². The number of anilines is 4. The van der Waals surface area contributed by atoms with Crippen molar-refractivity contribution in [2.75, 3.05) is 45.4 Å². The summed E-state index contributed by atoms with van der Waals surface area (Å²) >= 11 is 0. The molecule has 0 saturated carbocycles. The van der Waals surface area contributed by atoms with Gasteiger partial charge in [-0.3, -0.25) is 14.4 Å². The highest BCUT2D eigenvalue weighted by Gasteiger charge is 2.34. The molecular formula is C27H29F3N6O5. The number of alkyl halides is 3. The van der Waals surface area contributed by atoms with Gasteiger partial charge in [-0.1, -0.05) is 12.1 Å². The second-order valence-electron chi connectivity index (χ2n) is 8.86. The molecule has 3 amide bonds. The Bertz CT molecular complexity index is 1430. The molecule has 0 fully saturated rings. The van der Waals surface area contributed by atoms with Gasteiger partial charge in [-0.05, 0) is 30.3 Å². The van der Waals surface area contributed by atoms with Crippen LogP contribution in [-0.2, 0) is 11.0 Å². The Morgan fingerprint density at radius 1 is 1.00 bits per heavy atom. The number of pyridine rings is 1. The third kappa shape index (κ3) is 7.63. The molecular weight excluding hydrogens is 545 g/mol. The van der Waals surface area contributed by atoms with Crippen LogP contribution in [0.2, 0.25) is 0 Å². The molecule has 3 rings (SSSR count). The van der Waals surface area contributed by atoms with Crippen molar-refractivity contribution in [2.45, 2.75) is 12.3 Å². The number of benzene rings is 2. The summed E-state index contributed by atoms with van der Waals surface area (Å²) in [6, 6.07) is 11.5. The number of amides is 3. The summed E-state index contributed by atoms with van der Waals surface area (Å²) in [6.07, 6.45) is -5.51. The zero-order valence-corrected chi connectivity index (χ0v) is 22.6. The number of aliphatic hydroxyl groups excluding tert-OH is 1. The van der Waals surface area contributed by atoms with Crippen molar-refractivity contribution in [3.63, 3.8) is 0 Å². The van der Waals surface area contributed by atoms with Crippen LogP contribution in [0.25, 0.3) is 0 Å². The van der Waals surface area contributed by atoms with Crippen molar-refractivity contribution in [1.29, 1.82) is 0 Å². The van der Waals surface area contributed by atoms with Crippen LogP contribution in [0.1, 0.15) is 26.3 Å². The molecule has 0 aliphatic carbocycles. The van der Waals surface area contributed by atoms with E-state index in [-0.39, 0.29) is 46.3 Å². The van der Waals surface area contributed by atoms with Gasteiger partial charge in [-0.2, -0.15) is 13.2 Å². The van der Waals surface area contributed by atoms with E-state index in [0.717, 1.165) is 6.07 Å². The van der Waals surface area contributed by atoms with Gasteiger partial charge in [0.05, 0.1) is 41.8 Å². The molecule has 0 saturated heterocycles. The van der Waals surface area contributed by atoms with Crippen molar-refractivity contribution >= 4 is 40.6 Å². The van der Waals surface area contributed by atoms with Gasteiger partial charge in [-0.25, -0.2) is 4.98 Å². The van der Waals surface area contributed by atoms with E-state index in [1.165, 1.54) is 63.5 Å². The fraction of sp³-hybridized carbons (Fsp3) is 0.259. The zero-order chi connectivity index (χ0) is 30.3. The van der Waals surface area contributed by atoms with Crippen molar-refractivity contribution in [1.82, 2.24) is 20.5 Å². The number of methoxy groups -OCH3 is 1. The van der Waals surface area contributed by atoms with Crippen LogP contribution in [0.15, 0.2) is 54.7 Å². The molecule has 1 aromatic heterocycles. The topological polar surface area (TPSA) is 145 Å².